The number of rotatable bonds is 6. The van der Waals surface area contributed by atoms with Crippen LogP contribution in [0.15, 0.2) is 0 Å². The van der Waals surface area contributed by atoms with Gasteiger partial charge in [-0.3, -0.25) is 10.2 Å². The van der Waals surface area contributed by atoms with Crippen LogP contribution in [0.4, 0.5) is 4.79 Å². The molecule has 2 amide bonds. The highest BCUT2D eigenvalue weighted by Crippen LogP contribution is 2.05. The van der Waals surface area contributed by atoms with Gasteiger partial charge in [0.25, 0.3) is 0 Å². The molecule has 0 aromatic heterocycles. The molecule has 0 fully saturated rings. The van der Waals surface area contributed by atoms with Gasteiger partial charge >= 0.3 is 6.09 Å². The van der Waals surface area contributed by atoms with Crippen LogP contribution in [0.1, 0.15) is 19.8 Å². The van der Waals surface area contributed by atoms with Gasteiger partial charge in [0, 0.05) is 20.0 Å². The summed E-state index contributed by atoms with van der Waals surface area (Å²) in [5, 5.41) is 10.5. The first kappa shape index (κ1) is 12.7. The maximum absolute atomic E-state index is 11.0. The number of hydrazine groups is 1. The first-order chi connectivity index (χ1) is 6.56. The fourth-order valence-corrected chi connectivity index (χ4v) is 1.03. The second kappa shape index (κ2) is 7.14. The molecule has 0 radical (unpaired) electrons. The van der Waals surface area contributed by atoms with Crippen molar-refractivity contribution in [3.05, 3.63) is 0 Å². The third-order valence-corrected chi connectivity index (χ3v) is 1.71. The van der Waals surface area contributed by atoms with E-state index in [1.165, 1.54) is 0 Å². The van der Waals surface area contributed by atoms with E-state index in [9.17, 15) is 9.59 Å². The Balaban J connectivity index is 3.49. The highest BCUT2D eigenvalue weighted by Gasteiger charge is 2.08. The Bertz CT molecular complexity index is 196. The highest BCUT2D eigenvalue weighted by atomic mass is 16.4. The molecule has 0 aliphatic heterocycles. The zero-order valence-corrected chi connectivity index (χ0v) is 8.46. The summed E-state index contributed by atoms with van der Waals surface area (Å²) in [7, 11) is 1.62. The molecule has 0 bridgehead atoms. The van der Waals surface area contributed by atoms with Gasteiger partial charge in [-0.25, -0.2) is 10.2 Å². The predicted octanol–water partition coefficient (Wildman–Crippen LogP) is -0.0791. The molecule has 6 nitrogen and oxygen atoms in total. The lowest BCUT2D eigenvalue weighted by Gasteiger charge is -2.10. The van der Waals surface area contributed by atoms with Gasteiger partial charge in [0.15, 0.2) is 0 Å². The SMILES string of the molecule is CNNC(=O)C[C@@H](C)CCNC(=O)O. The van der Waals surface area contributed by atoms with Crippen molar-refractivity contribution in [1.29, 1.82) is 0 Å². The van der Waals surface area contributed by atoms with E-state index >= 15 is 0 Å². The van der Waals surface area contributed by atoms with E-state index in [-0.39, 0.29) is 11.8 Å². The Morgan fingerprint density at radius 1 is 1.43 bits per heavy atom. The van der Waals surface area contributed by atoms with Gasteiger partial charge in [-0.15, -0.1) is 0 Å². The molecular formula is C8H17N3O3. The van der Waals surface area contributed by atoms with E-state index in [1.807, 2.05) is 6.92 Å². The fourth-order valence-electron chi connectivity index (χ4n) is 1.03. The van der Waals surface area contributed by atoms with Crippen molar-refractivity contribution < 1.29 is 14.7 Å². The average Bonchev–Trinajstić information content (AvgIpc) is 2.03. The zero-order valence-electron chi connectivity index (χ0n) is 8.46. The Morgan fingerprint density at radius 3 is 2.57 bits per heavy atom. The maximum Gasteiger partial charge on any atom is 0.404 e. The molecule has 0 rings (SSSR count). The quantitative estimate of drug-likeness (QED) is 0.454. The average molecular weight is 203 g/mol. The number of carbonyl (C=O) groups excluding carboxylic acids is 1. The second-order valence-corrected chi connectivity index (χ2v) is 3.13. The number of amides is 2. The maximum atomic E-state index is 11.0. The molecule has 14 heavy (non-hydrogen) atoms. The first-order valence-electron chi connectivity index (χ1n) is 4.48. The Kier molecular flexibility index (Phi) is 6.47. The topological polar surface area (TPSA) is 90.5 Å². The molecule has 0 saturated heterocycles. The lowest BCUT2D eigenvalue weighted by Crippen LogP contribution is -2.35. The molecule has 0 aliphatic rings. The molecule has 0 aromatic carbocycles. The van der Waals surface area contributed by atoms with Crippen LogP contribution in [0.25, 0.3) is 0 Å². The largest absolute Gasteiger partial charge is 0.465 e. The third-order valence-electron chi connectivity index (χ3n) is 1.71. The van der Waals surface area contributed by atoms with Crippen molar-refractivity contribution in [2.75, 3.05) is 13.6 Å². The van der Waals surface area contributed by atoms with Crippen LogP contribution in [-0.2, 0) is 4.79 Å². The van der Waals surface area contributed by atoms with Crippen LogP contribution in [0.5, 0.6) is 0 Å². The molecule has 4 N–H and O–H groups in total. The van der Waals surface area contributed by atoms with E-state index in [0.717, 1.165) is 0 Å². The lowest BCUT2D eigenvalue weighted by atomic mass is 10.0. The van der Waals surface area contributed by atoms with Crippen molar-refractivity contribution in [1.82, 2.24) is 16.2 Å². The van der Waals surface area contributed by atoms with Crippen LogP contribution < -0.4 is 16.2 Å². The number of nitrogens with one attached hydrogen (secondary N) is 3. The summed E-state index contributed by atoms with van der Waals surface area (Å²) in [4.78, 5) is 21.1. The lowest BCUT2D eigenvalue weighted by molar-refractivity contribution is -0.122. The van der Waals surface area contributed by atoms with Gasteiger partial charge in [0.05, 0.1) is 0 Å². The van der Waals surface area contributed by atoms with Gasteiger partial charge in [-0.05, 0) is 12.3 Å². The highest BCUT2D eigenvalue weighted by molar-refractivity contribution is 5.75. The van der Waals surface area contributed by atoms with Gasteiger partial charge in [-0.2, -0.15) is 0 Å². The zero-order chi connectivity index (χ0) is 11.0. The van der Waals surface area contributed by atoms with Gasteiger partial charge in [0.1, 0.15) is 0 Å². The Labute approximate surface area is 83.0 Å². The molecule has 0 aromatic rings. The molecule has 0 saturated carbocycles. The monoisotopic (exact) mass is 203 g/mol. The predicted molar refractivity (Wildman–Crippen MR) is 51.6 cm³/mol. The molecule has 0 heterocycles. The molecular weight excluding hydrogens is 186 g/mol. The van der Waals surface area contributed by atoms with Crippen molar-refractivity contribution >= 4 is 12.0 Å². The summed E-state index contributed by atoms with van der Waals surface area (Å²) in [6.07, 6.45) is 0.0165. The Hall–Kier alpha value is -1.30. The first-order valence-corrected chi connectivity index (χ1v) is 4.48. The van der Waals surface area contributed by atoms with Crippen LogP contribution in [0, 0.1) is 5.92 Å². The number of hydrogen-bond acceptors (Lipinski definition) is 3. The second-order valence-electron chi connectivity index (χ2n) is 3.13. The summed E-state index contributed by atoms with van der Waals surface area (Å²) < 4.78 is 0. The van der Waals surface area contributed by atoms with E-state index in [4.69, 9.17) is 5.11 Å². The minimum absolute atomic E-state index is 0.0877. The summed E-state index contributed by atoms with van der Waals surface area (Å²) in [6.45, 7) is 2.28. The normalized spacial score (nSPS) is 11.9. The van der Waals surface area contributed by atoms with Crippen LogP contribution >= 0.6 is 0 Å². The van der Waals surface area contributed by atoms with Crippen LogP contribution in [0.3, 0.4) is 0 Å². The fraction of sp³-hybridized carbons (Fsp3) is 0.750. The molecule has 0 spiro atoms. The van der Waals surface area contributed by atoms with Gasteiger partial charge < -0.3 is 10.4 Å². The van der Waals surface area contributed by atoms with Crippen LogP contribution in [-0.4, -0.2) is 30.7 Å². The summed E-state index contributed by atoms with van der Waals surface area (Å²) in [5.74, 6) is 0.0746. The number of hydrogen-bond donors (Lipinski definition) is 4. The minimum atomic E-state index is -1.03. The molecule has 0 aliphatic carbocycles. The number of carbonyl (C=O) groups is 2. The Morgan fingerprint density at radius 2 is 2.07 bits per heavy atom. The smallest absolute Gasteiger partial charge is 0.404 e. The van der Waals surface area contributed by atoms with E-state index in [0.29, 0.717) is 19.4 Å². The van der Waals surface area contributed by atoms with Gasteiger partial charge in [-0.1, -0.05) is 6.92 Å². The van der Waals surface area contributed by atoms with E-state index < -0.39 is 6.09 Å². The minimum Gasteiger partial charge on any atom is -0.465 e. The standard InChI is InChI=1S/C8H17N3O3/c1-6(3-4-10-8(13)14)5-7(12)11-9-2/h6,9-10H,3-5H2,1-2H3,(H,11,12)(H,13,14)/t6-/m0/s1. The molecule has 0 unspecified atom stereocenters. The van der Waals surface area contributed by atoms with Gasteiger partial charge in [0.2, 0.25) is 5.91 Å². The van der Waals surface area contributed by atoms with Crippen molar-refractivity contribution in [2.24, 2.45) is 5.92 Å². The van der Waals surface area contributed by atoms with E-state index in [2.05, 4.69) is 16.2 Å². The summed E-state index contributed by atoms with van der Waals surface area (Å²) >= 11 is 0. The summed E-state index contributed by atoms with van der Waals surface area (Å²) in [5.41, 5.74) is 4.99. The van der Waals surface area contributed by atoms with Crippen molar-refractivity contribution in [2.45, 2.75) is 19.8 Å². The number of carboxylic acid groups (broad SMARTS) is 1. The van der Waals surface area contributed by atoms with Crippen molar-refractivity contribution in [3.8, 4) is 0 Å². The molecule has 1 atom stereocenters. The van der Waals surface area contributed by atoms with Crippen LogP contribution in [0.2, 0.25) is 0 Å². The summed E-state index contributed by atoms with van der Waals surface area (Å²) in [6, 6.07) is 0. The third kappa shape index (κ3) is 7.35. The molecule has 6 heteroatoms. The molecule has 82 valence electrons. The van der Waals surface area contributed by atoms with Crippen molar-refractivity contribution in [3.63, 3.8) is 0 Å². The van der Waals surface area contributed by atoms with E-state index in [1.54, 1.807) is 7.05 Å².